The van der Waals surface area contributed by atoms with Crippen LogP contribution in [0.3, 0.4) is 0 Å². The minimum Gasteiger partial charge on any atom is -0.378 e. The Hall–Kier alpha value is -2.33. The van der Waals surface area contributed by atoms with Crippen LogP contribution in [0.25, 0.3) is 0 Å². The molecule has 1 atom stereocenters. The molecule has 1 heterocycles. The summed E-state index contributed by atoms with van der Waals surface area (Å²) < 4.78 is 0. The highest BCUT2D eigenvalue weighted by Crippen LogP contribution is 2.20. The normalized spacial score (nSPS) is 17.1. The molecule has 2 aromatic carbocycles. The van der Waals surface area contributed by atoms with Gasteiger partial charge in [0.05, 0.1) is 6.42 Å². The van der Waals surface area contributed by atoms with Crippen molar-refractivity contribution in [2.24, 2.45) is 5.92 Å². The van der Waals surface area contributed by atoms with Gasteiger partial charge in [-0.1, -0.05) is 42.5 Å². The van der Waals surface area contributed by atoms with Crippen LogP contribution in [0.15, 0.2) is 54.6 Å². The molecule has 1 saturated heterocycles. The molecule has 0 aliphatic carbocycles. The largest absolute Gasteiger partial charge is 0.378 e. The molecule has 0 aromatic heterocycles. The molecule has 1 aliphatic rings. The maximum Gasteiger partial charge on any atom is 0.226 e. The first-order valence-electron chi connectivity index (χ1n) is 9.78. The highest BCUT2D eigenvalue weighted by Gasteiger charge is 2.24. The zero-order chi connectivity index (χ0) is 19.2. The van der Waals surface area contributed by atoms with Crippen molar-refractivity contribution in [3.8, 4) is 0 Å². The molecule has 144 valence electrons. The lowest BCUT2D eigenvalue weighted by molar-refractivity contribution is -0.129. The molecule has 0 radical (unpaired) electrons. The summed E-state index contributed by atoms with van der Waals surface area (Å²) in [6.07, 6.45) is 1.65. The number of nitrogens with zero attached hydrogens (tertiary/aromatic N) is 3. The van der Waals surface area contributed by atoms with E-state index >= 15 is 0 Å². The van der Waals surface area contributed by atoms with Gasteiger partial charge in [-0.2, -0.15) is 0 Å². The minimum atomic E-state index is 0.203. The molecule has 1 amide bonds. The molecule has 4 heteroatoms. The number of hydrogen-bond donors (Lipinski definition) is 0. The van der Waals surface area contributed by atoms with E-state index in [1.165, 1.54) is 12.0 Å². The third-order valence-electron chi connectivity index (χ3n) is 5.38. The van der Waals surface area contributed by atoms with Gasteiger partial charge in [0.25, 0.3) is 0 Å². The van der Waals surface area contributed by atoms with Crippen LogP contribution in [-0.2, 0) is 17.8 Å². The summed E-state index contributed by atoms with van der Waals surface area (Å²) in [6, 6.07) is 18.9. The third-order valence-corrected chi connectivity index (χ3v) is 5.38. The van der Waals surface area contributed by atoms with E-state index in [1.807, 2.05) is 26.0 Å². The number of likely N-dealkylation sites (tertiary alicyclic amines) is 1. The molecule has 0 unspecified atom stereocenters. The summed E-state index contributed by atoms with van der Waals surface area (Å²) >= 11 is 0. The van der Waals surface area contributed by atoms with Crippen molar-refractivity contribution in [1.82, 2.24) is 9.80 Å². The second kappa shape index (κ2) is 9.05. The summed E-state index contributed by atoms with van der Waals surface area (Å²) in [5, 5.41) is 0. The first-order valence-corrected chi connectivity index (χ1v) is 9.78. The van der Waals surface area contributed by atoms with Crippen molar-refractivity contribution >= 4 is 11.6 Å². The summed E-state index contributed by atoms with van der Waals surface area (Å²) in [4.78, 5) is 19.1. The fourth-order valence-corrected chi connectivity index (χ4v) is 3.76. The van der Waals surface area contributed by atoms with E-state index in [1.54, 1.807) is 0 Å². The lowest BCUT2D eigenvalue weighted by Gasteiger charge is -2.22. The maximum atomic E-state index is 12.6. The average Bonchev–Trinajstić information content (AvgIpc) is 3.09. The van der Waals surface area contributed by atoms with Gasteiger partial charge < -0.3 is 9.80 Å². The van der Waals surface area contributed by atoms with Gasteiger partial charge in [0.1, 0.15) is 0 Å². The molecule has 1 fully saturated rings. The van der Waals surface area contributed by atoms with E-state index in [2.05, 4.69) is 64.4 Å². The Kier molecular flexibility index (Phi) is 6.51. The smallest absolute Gasteiger partial charge is 0.226 e. The topological polar surface area (TPSA) is 26.8 Å². The van der Waals surface area contributed by atoms with E-state index in [4.69, 9.17) is 0 Å². The van der Waals surface area contributed by atoms with Crippen LogP contribution in [0.4, 0.5) is 5.69 Å². The van der Waals surface area contributed by atoms with Crippen LogP contribution in [0, 0.1) is 5.92 Å². The van der Waals surface area contributed by atoms with Gasteiger partial charge in [0.2, 0.25) is 5.91 Å². The van der Waals surface area contributed by atoms with Crippen molar-refractivity contribution in [2.45, 2.75) is 19.4 Å². The van der Waals surface area contributed by atoms with Gasteiger partial charge in [0, 0.05) is 46.5 Å². The molecule has 0 spiro atoms. The molecule has 27 heavy (non-hydrogen) atoms. The fourth-order valence-electron chi connectivity index (χ4n) is 3.76. The van der Waals surface area contributed by atoms with Crippen molar-refractivity contribution in [3.63, 3.8) is 0 Å². The van der Waals surface area contributed by atoms with Gasteiger partial charge in [0.15, 0.2) is 0 Å². The Labute approximate surface area is 163 Å². The Morgan fingerprint density at radius 1 is 1.00 bits per heavy atom. The number of rotatable bonds is 7. The second-order valence-corrected chi connectivity index (χ2v) is 7.89. The van der Waals surface area contributed by atoms with Crippen molar-refractivity contribution in [3.05, 3.63) is 65.7 Å². The number of amides is 1. The quantitative estimate of drug-likeness (QED) is 0.753. The zero-order valence-electron chi connectivity index (χ0n) is 16.8. The fraction of sp³-hybridized carbons (Fsp3) is 0.435. The number of benzene rings is 2. The number of likely N-dealkylation sites (N-methyl/N-ethyl adjacent to an activating group) is 1. The molecule has 1 aliphatic heterocycles. The van der Waals surface area contributed by atoms with Gasteiger partial charge in [-0.05, 0) is 42.1 Å². The third kappa shape index (κ3) is 5.57. The summed E-state index contributed by atoms with van der Waals surface area (Å²) in [5.74, 6) is 0.771. The first-order chi connectivity index (χ1) is 13.0. The molecule has 3 rings (SSSR count). The molecule has 0 bridgehead atoms. The Bertz CT molecular complexity index is 727. The summed E-state index contributed by atoms with van der Waals surface area (Å²) in [7, 11) is 5.99. The minimum absolute atomic E-state index is 0.203. The highest BCUT2D eigenvalue weighted by atomic mass is 16.2. The van der Waals surface area contributed by atoms with Crippen molar-refractivity contribution in [1.29, 1.82) is 0 Å². The van der Waals surface area contributed by atoms with E-state index in [9.17, 15) is 4.79 Å². The Balaban J connectivity index is 1.45. The molecular formula is C23H31N3O. The molecule has 0 N–H and O–H groups in total. The molecular weight excluding hydrogens is 334 g/mol. The molecule has 0 saturated carbocycles. The SMILES string of the molecule is CN(C[C@H]1CCN(Cc2ccccc2)C1)C(=O)Cc1ccc(N(C)C)cc1. The van der Waals surface area contributed by atoms with Crippen molar-refractivity contribution < 1.29 is 4.79 Å². The lowest BCUT2D eigenvalue weighted by atomic mass is 10.1. The van der Waals surface area contributed by atoms with Crippen LogP contribution in [0.1, 0.15) is 17.5 Å². The van der Waals surface area contributed by atoms with Crippen LogP contribution in [0.2, 0.25) is 0 Å². The van der Waals surface area contributed by atoms with Gasteiger partial charge >= 0.3 is 0 Å². The molecule has 4 nitrogen and oxygen atoms in total. The van der Waals surface area contributed by atoms with Gasteiger partial charge in [-0.25, -0.2) is 0 Å². The average molecular weight is 366 g/mol. The van der Waals surface area contributed by atoms with E-state index in [0.29, 0.717) is 12.3 Å². The Morgan fingerprint density at radius 2 is 1.70 bits per heavy atom. The monoisotopic (exact) mass is 365 g/mol. The standard InChI is InChI=1S/C23H31N3O/c1-24(2)22-11-9-19(10-12-22)15-23(27)25(3)16-21-13-14-26(18-21)17-20-7-5-4-6-8-20/h4-12,21H,13-18H2,1-3H3/t21-/m1/s1. The van der Waals surface area contributed by atoms with E-state index < -0.39 is 0 Å². The van der Waals surface area contributed by atoms with Gasteiger partial charge in [-0.3, -0.25) is 9.69 Å². The van der Waals surface area contributed by atoms with Crippen LogP contribution in [-0.4, -0.2) is 56.5 Å². The van der Waals surface area contributed by atoms with Crippen LogP contribution < -0.4 is 4.90 Å². The second-order valence-electron chi connectivity index (χ2n) is 7.89. The van der Waals surface area contributed by atoms with E-state index in [-0.39, 0.29) is 5.91 Å². The van der Waals surface area contributed by atoms with Crippen LogP contribution >= 0.6 is 0 Å². The first kappa shape index (κ1) is 19.4. The number of carbonyl (C=O) groups excluding carboxylic acids is 1. The predicted molar refractivity (Wildman–Crippen MR) is 112 cm³/mol. The highest BCUT2D eigenvalue weighted by molar-refractivity contribution is 5.78. The Morgan fingerprint density at radius 3 is 2.37 bits per heavy atom. The number of hydrogen-bond acceptors (Lipinski definition) is 3. The number of anilines is 1. The summed E-state index contributed by atoms with van der Waals surface area (Å²) in [6.45, 7) is 4.05. The summed E-state index contributed by atoms with van der Waals surface area (Å²) in [5.41, 5.74) is 3.60. The van der Waals surface area contributed by atoms with Crippen LogP contribution in [0.5, 0.6) is 0 Å². The zero-order valence-corrected chi connectivity index (χ0v) is 16.8. The lowest BCUT2D eigenvalue weighted by Crippen LogP contribution is -2.34. The van der Waals surface area contributed by atoms with E-state index in [0.717, 1.165) is 37.4 Å². The maximum absolute atomic E-state index is 12.6. The number of carbonyl (C=O) groups is 1. The van der Waals surface area contributed by atoms with Crippen molar-refractivity contribution in [2.75, 3.05) is 45.7 Å². The molecule has 2 aromatic rings. The van der Waals surface area contributed by atoms with Gasteiger partial charge in [-0.15, -0.1) is 0 Å². The predicted octanol–water partition coefficient (Wildman–Crippen LogP) is 3.28.